The van der Waals surface area contributed by atoms with E-state index in [0.29, 0.717) is 18.1 Å². The highest BCUT2D eigenvalue weighted by atomic mass is 79.9. The van der Waals surface area contributed by atoms with Gasteiger partial charge in [-0.15, -0.1) is 0 Å². The zero-order valence-corrected chi connectivity index (χ0v) is 14.2. The molecule has 1 aromatic carbocycles. The average molecular weight is 339 g/mol. The molecule has 0 bridgehead atoms. The number of hydrogen-bond acceptors (Lipinski definition) is 2. The standard InChI is InChI=1S/C17H27BrN2/c1-13(12-17-6-4-3-5-11-19-17)20-14(2)15-7-9-16(18)10-8-15/h7-10,13-14,17,19-20H,3-6,11-12H2,1-2H3/t13?,14-,17?/m0/s1. The molecule has 1 saturated heterocycles. The quantitative estimate of drug-likeness (QED) is 0.830. The third kappa shape index (κ3) is 5.19. The van der Waals surface area contributed by atoms with Gasteiger partial charge >= 0.3 is 0 Å². The zero-order valence-electron chi connectivity index (χ0n) is 12.7. The number of hydrogen-bond donors (Lipinski definition) is 2. The molecule has 1 aliphatic rings. The minimum atomic E-state index is 0.406. The number of benzene rings is 1. The molecular weight excluding hydrogens is 312 g/mol. The van der Waals surface area contributed by atoms with Crippen molar-refractivity contribution in [1.82, 2.24) is 10.6 Å². The molecule has 3 heteroatoms. The second-order valence-corrected chi connectivity index (χ2v) is 6.99. The Morgan fingerprint density at radius 3 is 2.70 bits per heavy atom. The van der Waals surface area contributed by atoms with Gasteiger partial charge in [0.15, 0.2) is 0 Å². The lowest BCUT2D eigenvalue weighted by molar-refractivity contribution is 0.380. The number of nitrogens with one attached hydrogen (secondary N) is 2. The fourth-order valence-corrected chi connectivity index (χ4v) is 3.34. The molecule has 2 rings (SSSR count). The first kappa shape index (κ1) is 16.0. The van der Waals surface area contributed by atoms with Gasteiger partial charge in [0.05, 0.1) is 0 Å². The van der Waals surface area contributed by atoms with Crippen LogP contribution >= 0.6 is 15.9 Å². The summed E-state index contributed by atoms with van der Waals surface area (Å²) < 4.78 is 1.14. The van der Waals surface area contributed by atoms with Crippen LogP contribution in [0.15, 0.2) is 28.7 Å². The monoisotopic (exact) mass is 338 g/mol. The minimum Gasteiger partial charge on any atom is -0.314 e. The molecule has 1 heterocycles. The topological polar surface area (TPSA) is 24.1 Å². The summed E-state index contributed by atoms with van der Waals surface area (Å²) in [6.07, 6.45) is 6.67. The summed E-state index contributed by atoms with van der Waals surface area (Å²) in [5, 5.41) is 7.41. The number of halogens is 1. The Morgan fingerprint density at radius 2 is 1.95 bits per heavy atom. The van der Waals surface area contributed by atoms with Crippen molar-refractivity contribution in [2.45, 2.75) is 64.1 Å². The smallest absolute Gasteiger partial charge is 0.0294 e. The third-order valence-electron chi connectivity index (χ3n) is 4.20. The summed E-state index contributed by atoms with van der Waals surface area (Å²) in [7, 11) is 0. The molecule has 2 nitrogen and oxygen atoms in total. The molecule has 112 valence electrons. The maximum atomic E-state index is 3.73. The second-order valence-electron chi connectivity index (χ2n) is 6.08. The van der Waals surface area contributed by atoms with E-state index in [1.54, 1.807) is 0 Å². The van der Waals surface area contributed by atoms with Crippen molar-refractivity contribution in [1.29, 1.82) is 0 Å². The Labute approximate surface area is 131 Å². The van der Waals surface area contributed by atoms with E-state index >= 15 is 0 Å². The lowest BCUT2D eigenvalue weighted by Gasteiger charge is -2.25. The zero-order chi connectivity index (χ0) is 14.4. The Kier molecular flexibility index (Phi) is 6.53. The van der Waals surface area contributed by atoms with E-state index in [4.69, 9.17) is 0 Å². The van der Waals surface area contributed by atoms with Crippen molar-refractivity contribution in [2.24, 2.45) is 0 Å². The van der Waals surface area contributed by atoms with Crippen molar-refractivity contribution in [3.63, 3.8) is 0 Å². The van der Waals surface area contributed by atoms with Crippen LogP contribution in [0.1, 0.15) is 57.6 Å². The van der Waals surface area contributed by atoms with E-state index in [0.717, 1.165) is 4.47 Å². The van der Waals surface area contributed by atoms with Gasteiger partial charge in [-0.2, -0.15) is 0 Å². The summed E-state index contributed by atoms with van der Waals surface area (Å²) in [5.74, 6) is 0. The van der Waals surface area contributed by atoms with Gasteiger partial charge in [0.1, 0.15) is 0 Å². The van der Waals surface area contributed by atoms with Crippen LogP contribution in [0.2, 0.25) is 0 Å². The Balaban J connectivity index is 1.80. The fourth-order valence-electron chi connectivity index (χ4n) is 3.07. The molecule has 1 aromatic rings. The third-order valence-corrected chi connectivity index (χ3v) is 4.73. The van der Waals surface area contributed by atoms with E-state index in [-0.39, 0.29) is 0 Å². The Bertz CT molecular complexity index is 382. The van der Waals surface area contributed by atoms with Crippen molar-refractivity contribution in [3.8, 4) is 0 Å². The van der Waals surface area contributed by atoms with Gasteiger partial charge in [-0.1, -0.05) is 40.9 Å². The lowest BCUT2D eigenvalue weighted by atomic mass is 10.0. The molecule has 1 aliphatic heterocycles. The minimum absolute atomic E-state index is 0.406. The number of rotatable bonds is 5. The van der Waals surface area contributed by atoms with Gasteiger partial charge in [0.25, 0.3) is 0 Å². The highest BCUT2D eigenvalue weighted by Gasteiger charge is 2.16. The van der Waals surface area contributed by atoms with Crippen molar-refractivity contribution < 1.29 is 0 Å². The SMILES string of the molecule is CC(CC1CCCCCN1)N[C@@H](C)c1ccc(Br)cc1. The van der Waals surface area contributed by atoms with Gasteiger partial charge in [-0.25, -0.2) is 0 Å². The summed E-state index contributed by atoms with van der Waals surface area (Å²) >= 11 is 3.49. The molecule has 0 aliphatic carbocycles. The van der Waals surface area contributed by atoms with Crippen LogP contribution in [0.3, 0.4) is 0 Å². The largest absolute Gasteiger partial charge is 0.314 e. The molecule has 0 aromatic heterocycles. The van der Waals surface area contributed by atoms with Crippen LogP contribution in [0.25, 0.3) is 0 Å². The molecule has 0 spiro atoms. The van der Waals surface area contributed by atoms with Crippen LogP contribution < -0.4 is 10.6 Å². The first-order chi connectivity index (χ1) is 9.65. The van der Waals surface area contributed by atoms with Crippen molar-refractivity contribution in [2.75, 3.05) is 6.54 Å². The molecule has 2 unspecified atom stereocenters. The van der Waals surface area contributed by atoms with Crippen LogP contribution in [0.5, 0.6) is 0 Å². The fraction of sp³-hybridized carbons (Fsp3) is 0.647. The van der Waals surface area contributed by atoms with Gasteiger partial charge in [0.2, 0.25) is 0 Å². The van der Waals surface area contributed by atoms with Gasteiger partial charge < -0.3 is 10.6 Å². The maximum absolute atomic E-state index is 3.73. The molecule has 0 saturated carbocycles. The molecule has 0 amide bonds. The second kappa shape index (κ2) is 8.16. The maximum Gasteiger partial charge on any atom is 0.0294 e. The van der Waals surface area contributed by atoms with E-state index in [1.165, 1.54) is 44.2 Å². The van der Waals surface area contributed by atoms with Crippen LogP contribution in [-0.2, 0) is 0 Å². The molecule has 3 atom stereocenters. The predicted octanol–water partition coefficient (Wildman–Crippen LogP) is 4.41. The first-order valence-corrected chi connectivity index (χ1v) is 8.69. The van der Waals surface area contributed by atoms with Crippen LogP contribution in [0, 0.1) is 0 Å². The highest BCUT2D eigenvalue weighted by Crippen LogP contribution is 2.18. The van der Waals surface area contributed by atoms with E-state index in [1.807, 2.05) is 0 Å². The predicted molar refractivity (Wildman–Crippen MR) is 90.0 cm³/mol. The normalized spacial score (nSPS) is 23.1. The molecule has 0 radical (unpaired) electrons. The molecule has 2 N–H and O–H groups in total. The van der Waals surface area contributed by atoms with Crippen LogP contribution in [0.4, 0.5) is 0 Å². The average Bonchev–Trinajstić information content (AvgIpc) is 2.68. The summed E-state index contributed by atoms with van der Waals surface area (Å²) in [6, 6.07) is 10.3. The van der Waals surface area contributed by atoms with E-state index in [2.05, 4.69) is 64.7 Å². The Morgan fingerprint density at radius 1 is 1.20 bits per heavy atom. The molecular formula is C17H27BrN2. The van der Waals surface area contributed by atoms with Gasteiger partial charge in [-0.05, 0) is 57.4 Å². The summed E-state index contributed by atoms with van der Waals surface area (Å²) in [5.41, 5.74) is 1.36. The Hall–Kier alpha value is -0.380. The summed E-state index contributed by atoms with van der Waals surface area (Å²) in [6.45, 7) is 5.75. The van der Waals surface area contributed by atoms with Crippen LogP contribution in [-0.4, -0.2) is 18.6 Å². The van der Waals surface area contributed by atoms with Gasteiger partial charge in [0, 0.05) is 22.6 Å². The van der Waals surface area contributed by atoms with E-state index < -0.39 is 0 Å². The first-order valence-electron chi connectivity index (χ1n) is 7.90. The lowest BCUT2D eigenvalue weighted by Crippen LogP contribution is -2.37. The molecule has 1 fully saturated rings. The molecule has 20 heavy (non-hydrogen) atoms. The van der Waals surface area contributed by atoms with E-state index in [9.17, 15) is 0 Å². The van der Waals surface area contributed by atoms with Crippen molar-refractivity contribution in [3.05, 3.63) is 34.3 Å². The summed E-state index contributed by atoms with van der Waals surface area (Å²) in [4.78, 5) is 0. The van der Waals surface area contributed by atoms with Crippen molar-refractivity contribution >= 4 is 15.9 Å². The highest BCUT2D eigenvalue weighted by molar-refractivity contribution is 9.10. The van der Waals surface area contributed by atoms with Gasteiger partial charge in [-0.3, -0.25) is 0 Å².